The van der Waals surface area contributed by atoms with Gasteiger partial charge in [0.1, 0.15) is 5.15 Å². The molecule has 0 amide bonds. The van der Waals surface area contributed by atoms with Crippen molar-refractivity contribution in [2.75, 3.05) is 33.4 Å². The average Bonchev–Trinajstić information content (AvgIpc) is 2.88. The second kappa shape index (κ2) is 9.56. The molecule has 0 fully saturated rings. The van der Waals surface area contributed by atoms with E-state index in [4.69, 9.17) is 21.1 Å². The Morgan fingerprint density at radius 1 is 1.32 bits per heavy atom. The maximum absolute atomic E-state index is 11.8. The van der Waals surface area contributed by atoms with Gasteiger partial charge in [0.15, 0.2) is 0 Å². The molecule has 0 atom stereocenters. The van der Waals surface area contributed by atoms with E-state index >= 15 is 0 Å². The number of ether oxygens (including phenoxy) is 2. The zero-order valence-electron chi connectivity index (χ0n) is 14.9. The Bertz CT molecular complexity index is 688. The molecule has 0 saturated carbocycles. The number of para-hydroxylation sites is 1. The van der Waals surface area contributed by atoms with E-state index in [1.165, 1.54) is 0 Å². The van der Waals surface area contributed by atoms with Crippen LogP contribution in [-0.4, -0.2) is 54.1 Å². The summed E-state index contributed by atoms with van der Waals surface area (Å²) in [5, 5.41) is 5.09. The lowest BCUT2D eigenvalue weighted by molar-refractivity contribution is -0.144. The highest BCUT2D eigenvalue weighted by molar-refractivity contribution is 6.30. The van der Waals surface area contributed by atoms with Gasteiger partial charge in [0.25, 0.3) is 0 Å². The molecule has 7 heteroatoms. The number of aromatic nitrogens is 2. The standard InChI is InChI=1S/C18H24ClN3O3/c1-4-25-17(23)13-21(10-11-24-3)12-16-14(2)20-22(18(16)19)15-8-6-5-7-9-15/h5-9H,4,10-13H2,1-3H3. The quantitative estimate of drug-likeness (QED) is 0.639. The van der Waals surface area contributed by atoms with Crippen molar-refractivity contribution in [3.8, 4) is 5.69 Å². The second-order valence-corrected chi connectivity index (χ2v) is 5.97. The van der Waals surface area contributed by atoms with Gasteiger partial charge in [0.2, 0.25) is 0 Å². The highest BCUT2D eigenvalue weighted by Gasteiger charge is 2.19. The molecule has 1 aromatic carbocycles. The number of carbonyl (C=O) groups excluding carboxylic acids is 1. The summed E-state index contributed by atoms with van der Waals surface area (Å²) in [6.07, 6.45) is 0. The van der Waals surface area contributed by atoms with Crippen LogP contribution < -0.4 is 0 Å². The minimum absolute atomic E-state index is 0.184. The normalized spacial score (nSPS) is 11.1. The molecule has 0 aliphatic carbocycles. The molecule has 2 rings (SSSR count). The van der Waals surface area contributed by atoms with Crippen LogP contribution in [0.25, 0.3) is 5.69 Å². The summed E-state index contributed by atoms with van der Waals surface area (Å²) in [6, 6.07) is 9.72. The Labute approximate surface area is 153 Å². The molecule has 0 saturated heterocycles. The van der Waals surface area contributed by atoms with Gasteiger partial charge in [-0.3, -0.25) is 9.69 Å². The first kappa shape index (κ1) is 19.4. The van der Waals surface area contributed by atoms with Crippen LogP contribution in [0.2, 0.25) is 5.15 Å². The summed E-state index contributed by atoms with van der Waals surface area (Å²) < 4.78 is 11.9. The Morgan fingerprint density at radius 3 is 2.68 bits per heavy atom. The average molecular weight is 366 g/mol. The van der Waals surface area contributed by atoms with Crippen LogP contribution in [0.3, 0.4) is 0 Å². The number of nitrogens with zero attached hydrogens (tertiary/aromatic N) is 3. The van der Waals surface area contributed by atoms with Crippen LogP contribution in [0, 0.1) is 6.92 Å². The molecular weight excluding hydrogens is 342 g/mol. The monoisotopic (exact) mass is 365 g/mol. The van der Waals surface area contributed by atoms with Crippen molar-refractivity contribution in [1.29, 1.82) is 0 Å². The molecule has 0 spiro atoms. The molecule has 0 aliphatic heterocycles. The van der Waals surface area contributed by atoms with E-state index in [0.29, 0.717) is 31.5 Å². The molecule has 1 aromatic heterocycles. The van der Waals surface area contributed by atoms with Gasteiger partial charge in [-0.15, -0.1) is 0 Å². The topological polar surface area (TPSA) is 56.6 Å². The molecule has 25 heavy (non-hydrogen) atoms. The number of methoxy groups -OCH3 is 1. The highest BCUT2D eigenvalue weighted by Crippen LogP contribution is 2.24. The fourth-order valence-corrected chi connectivity index (χ4v) is 2.83. The lowest BCUT2D eigenvalue weighted by Crippen LogP contribution is -2.33. The lowest BCUT2D eigenvalue weighted by Gasteiger charge is -2.20. The van der Waals surface area contributed by atoms with E-state index in [1.54, 1.807) is 18.7 Å². The van der Waals surface area contributed by atoms with Gasteiger partial charge in [-0.05, 0) is 26.0 Å². The van der Waals surface area contributed by atoms with Gasteiger partial charge in [0, 0.05) is 25.8 Å². The third-order valence-electron chi connectivity index (χ3n) is 3.77. The molecule has 0 bridgehead atoms. The molecular formula is C18H24ClN3O3. The molecule has 1 heterocycles. The van der Waals surface area contributed by atoms with Crippen LogP contribution in [0.4, 0.5) is 0 Å². The Morgan fingerprint density at radius 2 is 2.04 bits per heavy atom. The largest absolute Gasteiger partial charge is 0.465 e. The molecule has 0 unspecified atom stereocenters. The van der Waals surface area contributed by atoms with E-state index in [9.17, 15) is 4.79 Å². The second-order valence-electron chi connectivity index (χ2n) is 5.61. The summed E-state index contributed by atoms with van der Waals surface area (Å²) >= 11 is 6.57. The summed E-state index contributed by atoms with van der Waals surface area (Å²) in [5.41, 5.74) is 2.63. The number of aryl methyl sites for hydroxylation is 1. The van der Waals surface area contributed by atoms with Crippen LogP contribution in [0.15, 0.2) is 30.3 Å². The number of hydrogen-bond acceptors (Lipinski definition) is 5. The first-order chi connectivity index (χ1) is 12.1. The number of halogens is 1. The van der Waals surface area contributed by atoms with Crippen molar-refractivity contribution in [2.45, 2.75) is 20.4 Å². The van der Waals surface area contributed by atoms with E-state index in [0.717, 1.165) is 16.9 Å². The fraction of sp³-hybridized carbons (Fsp3) is 0.444. The third-order valence-corrected chi connectivity index (χ3v) is 4.16. The van der Waals surface area contributed by atoms with Gasteiger partial charge in [0.05, 0.1) is 31.1 Å². The zero-order valence-corrected chi connectivity index (χ0v) is 15.6. The minimum Gasteiger partial charge on any atom is -0.465 e. The van der Waals surface area contributed by atoms with E-state index in [-0.39, 0.29) is 12.5 Å². The van der Waals surface area contributed by atoms with Crippen molar-refractivity contribution in [1.82, 2.24) is 14.7 Å². The van der Waals surface area contributed by atoms with E-state index in [2.05, 4.69) is 5.10 Å². The van der Waals surface area contributed by atoms with Crippen LogP contribution in [0.5, 0.6) is 0 Å². The minimum atomic E-state index is -0.261. The summed E-state index contributed by atoms with van der Waals surface area (Å²) in [5.74, 6) is -0.261. The number of rotatable bonds is 9. The van der Waals surface area contributed by atoms with Gasteiger partial charge in [-0.1, -0.05) is 29.8 Å². The maximum atomic E-state index is 11.8. The summed E-state index contributed by atoms with van der Waals surface area (Å²) in [4.78, 5) is 13.8. The first-order valence-electron chi connectivity index (χ1n) is 8.23. The van der Waals surface area contributed by atoms with Crippen molar-refractivity contribution < 1.29 is 14.3 Å². The number of benzene rings is 1. The van der Waals surface area contributed by atoms with Crippen molar-refractivity contribution in [2.24, 2.45) is 0 Å². The summed E-state index contributed by atoms with van der Waals surface area (Å²) in [7, 11) is 1.63. The number of carbonyl (C=O) groups is 1. The molecule has 0 N–H and O–H groups in total. The third kappa shape index (κ3) is 5.29. The number of hydrogen-bond donors (Lipinski definition) is 0. The zero-order chi connectivity index (χ0) is 18.2. The predicted octanol–water partition coefficient (Wildman–Crippen LogP) is 2.85. The Kier molecular flexibility index (Phi) is 7.43. The maximum Gasteiger partial charge on any atom is 0.320 e. The predicted molar refractivity (Wildman–Crippen MR) is 97.1 cm³/mol. The van der Waals surface area contributed by atoms with Gasteiger partial charge < -0.3 is 9.47 Å². The molecule has 136 valence electrons. The van der Waals surface area contributed by atoms with Crippen LogP contribution in [0.1, 0.15) is 18.2 Å². The molecule has 6 nitrogen and oxygen atoms in total. The van der Waals surface area contributed by atoms with Crippen LogP contribution >= 0.6 is 11.6 Å². The van der Waals surface area contributed by atoms with Crippen molar-refractivity contribution in [3.05, 3.63) is 46.7 Å². The van der Waals surface area contributed by atoms with E-state index in [1.807, 2.05) is 42.2 Å². The van der Waals surface area contributed by atoms with Crippen molar-refractivity contribution in [3.63, 3.8) is 0 Å². The Hall–Kier alpha value is -1.89. The van der Waals surface area contributed by atoms with Gasteiger partial charge in [-0.2, -0.15) is 5.10 Å². The smallest absolute Gasteiger partial charge is 0.320 e. The van der Waals surface area contributed by atoms with Gasteiger partial charge >= 0.3 is 5.97 Å². The molecule has 0 radical (unpaired) electrons. The highest BCUT2D eigenvalue weighted by atomic mass is 35.5. The lowest BCUT2D eigenvalue weighted by atomic mass is 10.2. The Balaban J connectivity index is 2.20. The van der Waals surface area contributed by atoms with Crippen LogP contribution in [-0.2, 0) is 20.8 Å². The molecule has 0 aliphatic rings. The van der Waals surface area contributed by atoms with Crippen molar-refractivity contribution >= 4 is 17.6 Å². The molecule has 2 aromatic rings. The van der Waals surface area contributed by atoms with Gasteiger partial charge in [-0.25, -0.2) is 4.68 Å². The van der Waals surface area contributed by atoms with E-state index < -0.39 is 0 Å². The fourth-order valence-electron chi connectivity index (χ4n) is 2.50. The number of esters is 1. The first-order valence-corrected chi connectivity index (χ1v) is 8.61. The SMILES string of the molecule is CCOC(=O)CN(CCOC)Cc1c(C)nn(-c2ccccc2)c1Cl. The summed E-state index contributed by atoms with van der Waals surface area (Å²) in [6.45, 7) is 5.87.